The summed E-state index contributed by atoms with van der Waals surface area (Å²) in [6, 6.07) is 32.7. The van der Waals surface area contributed by atoms with Gasteiger partial charge in [0, 0.05) is 34.4 Å². The third-order valence-electron chi connectivity index (χ3n) is 7.86. The first-order valence-electron chi connectivity index (χ1n) is 16.8. The minimum atomic E-state index is -0.950. The number of methoxy groups -OCH3 is 1. The van der Waals surface area contributed by atoms with Gasteiger partial charge >= 0.3 is 11.9 Å². The molecule has 0 spiro atoms. The van der Waals surface area contributed by atoms with E-state index in [1.807, 2.05) is 72.8 Å². The number of carboxylic acid groups (broad SMARTS) is 1. The molecule has 10 nitrogen and oxygen atoms in total. The molecule has 4 aromatic carbocycles. The fourth-order valence-electron chi connectivity index (χ4n) is 4.87. The molecule has 0 aliphatic rings. The Morgan fingerprint density at radius 2 is 0.980 bits per heavy atom. The molecule has 0 radical (unpaired) electrons. The van der Waals surface area contributed by atoms with Crippen molar-refractivity contribution in [3.8, 4) is 56.7 Å². The summed E-state index contributed by atoms with van der Waals surface area (Å²) < 4.78 is 26.9. The van der Waals surface area contributed by atoms with E-state index in [1.54, 1.807) is 36.4 Å². The zero-order valence-electron chi connectivity index (χ0n) is 28.8. The van der Waals surface area contributed by atoms with Crippen molar-refractivity contribution < 1.29 is 38.0 Å². The van der Waals surface area contributed by atoms with Crippen LogP contribution in [0.25, 0.3) is 45.2 Å². The van der Waals surface area contributed by atoms with Crippen molar-refractivity contribution >= 4 is 11.9 Å². The van der Waals surface area contributed by atoms with Crippen molar-refractivity contribution in [2.24, 2.45) is 0 Å². The second-order valence-corrected chi connectivity index (χ2v) is 11.6. The maximum absolute atomic E-state index is 11.5. The van der Waals surface area contributed by atoms with Gasteiger partial charge in [-0.25, -0.2) is 9.59 Å². The molecule has 2 aromatic heterocycles. The van der Waals surface area contributed by atoms with Crippen molar-refractivity contribution in [3.05, 3.63) is 120 Å². The first-order valence-corrected chi connectivity index (χ1v) is 16.8. The SMILES string of the molecule is CCCCOc1ccc(-c2cc(-c3ccc(C(=O)O)cc3)no2)cc1.CCCCOc1ccc(-c2cc(-c3ccc(C(=O)OC)cc3)no2)cc1. The molecule has 0 amide bonds. The normalized spacial score (nSPS) is 10.6. The van der Waals surface area contributed by atoms with Gasteiger partial charge in [0.15, 0.2) is 11.5 Å². The molecule has 6 aromatic rings. The third-order valence-corrected chi connectivity index (χ3v) is 7.86. The van der Waals surface area contributed by atoms with Crippen LogP contribution in [0.3, 0.4) is 0 Å². The van der Waals surface area contributed by atoms with Gasteiger partial charge in [-0.05, 0) is 85.6 Å². The molecule has 0 aliphatic carbocycles. The number of benzene rings is 4. The highest BCUT2D eigenvalue weighted by atomic mass is 16.5. The molecular formula is C41H40N2O8. The summed E-state index contributed by atoms with van der Waals surface area (Å²) in [5, 5.41) is 17.1. The fraction of sp³-hybridized carbons (Fsp3) is 0.220. The summed E-state index contributed by atoms with van der Waals surface area (Å²) >= 11 is 0. The van der Waals surface area contributed by atoms with Crippen LogP contribution >= 0.6 is 0 Å². The Morgan fingerprint density at radius 3 is 1.35 bits per heavy atom. The van der Waals surface area contributed by atoms with E-state index in [4.69, 9.17) is 28.4 Å². The van der Waals surface area contributed by atoms with Gasteiger partial charge in [0.2, 0.25) is 0 Å². The van der Waals surface area contributed by atoms with Crippen molar-refractivity contribution in [2.45, 2.75) is 39.5 Å². The van der Waals surface area contributed by atoms with Crippen LogP contribution in [0, 0.1) is 0 Å². The van der Waals surface area contributed by atoms with Gasteiger partial charge < -0.3 is 28.4 Å². The second kappa shape index (κ2) is 18.0. The van der Waals surface area contributed by atoms with Crippen LogP contribution in [0.2, 0.25) is 0 Å². The van der Waals surface area contributed by atoms with Crippen molar-refractivity contribution in [1.82, 2.24) is 10.3 Å². The molecule has 0 saturated heterocycles. The molecule has 6 rings (SSSR count). The quantitative estimate of drug-likeness (QED) is 0.0870. The molecule has 0 saturated carbocycles. The maximum atomic E-state index is 11.5. The number of carboxylic acids is 1. The number of carbonyl (C=O) groups is 2. The number of unbranched alkanes of at least 4 members (excludes halogenated alkanes) is 2. The summed E-state index contributed by atoms with van der Waals surface area (Å²) in [5.41, 5.74) is 5.62. The van der Waals surface area contributed by atoms with Gasteiger partial charge in [0.25, 0.3) is 0 Å². The summed E-state index contributed by atoms with van der Waals surface area (Å²) in [4.78, 5) is 22.4. The van der Waals surface area contributed by atoms with Crippen LogP contribution in [0.4, 0.5) is 0 Å². The Morgan fingerprint density at radius 1 is 0.588 bits per heavy atom. The number of carbonyl (C=O) groups excluding carboxylic acids is 1. The number of esters is 1. The largest absolute Gasteiger partial charge is 0.494 e. The molecule has 51 heavy (non-hydrogen) atoms. The average molecular weight is 689 g/mol. The zero-order valence-corrected chi connectivity index (χ0v) is 28.8. The molecule has 0 atom stereocenters. The van der Waals surface area contributed by atoms with Gasteiger partial charge in [-0.1, -0.05) is 61.3 Å². The van der Waals surface area contributed by atoms with Gasteiger partial charge in [0.05, 0.1) is 31.5 Å². The highest BCUT2D eigenvalue weighted by Crippen LogP contribution is 2.29. The first kappa shape index (κ1) is 36.1. The summed E-state index contributed by atoms with van der Waals surface area (Å²) in [6.07, 6.45) is 4.29. The van der Waals surface area contributed by atoms with Crippen molar-refractivity contribution in [2.75, 3.05) is 20.3 Å². The molecule has 10 heteroatoms. The zero-order chi connectivity index (χ0) is 36.0. The average Bonchev–Trinajstić information content (AvgIpc) is 3.87. The Kier molecular flexibility index (Phi) is 12.8. The Bertz CT molecular complexity index is 1980. The van der Waals surface area contributed by atoms with Crippen molar-refractivity contribution in [1.29, 1.82) is 0 Å². The number of nitrogens with zero attached hydrogens (tertiary/aromatic N) is 2. The second-order valence-electron chi connectivity index (χ2n) is 11.6. The van der Waals surface area contributed by atoms with E-state index in [-0.39, 0.29) is 11.5 Å². The van der Waals surface area contributed by atoms with Crippen LogP contribution in [-0.4, -0.2) is 47.7 Å². The lowest BCUT2D eigenvalue weighted by Gasteiger charge is -2.05. The molecular weight excluding hydrogens is 648 g/mol. The molecule has 0 fully saturated rings. The van der Waals surface area contributed by atoms with E-state index >= 15 is 0 Å². The highest BCUT2D eigenvalue weighted by Gasteiger charge is 2.12. The predicted molar refractivity (Wildman–Crippen MR) is 194 cm³/mol. The van der Waals surface area contributed by atoms with E-state index in [0.29, 0.717) is 35.1 Å². The number of aromatic carboxylic acids is 1. The molecule has 0 bridgehead atoms. The Balaban J connectivity index is 0.000000198. The van der Waals surface area contributed by atoms with Gasteiger partial charge in [-0.15, -0.1) is 0 Å². The van der Waals surface area contributed by atoms with E-state index in [1.165, 1.54) is 7.11 Å². The lowest BCUT2D eigenvalue weighted by Crippen LogP contribution is -2.00. The van der Waals surface area contributed by atoms with E-state index < -0.39 is 5.97 Å². The minimum absolute atomic E-state index is 0.242. The standard InChI is InChI=1S/C21H21NO4.C20H19NO4/c1-3-4-13-25-18-11-9-16(10-12-18)20-14-19(22-26-20)15-5-7-17(8-6-15)21(23)24-2;1-2-3-12-24-17-10-8-15(9-11-17)19-13-18(21-25-19)14-4-6-16(7-5-14)20(22)23/h5-12,14H,3-4,13H2,1-2H3;4-11,13H,2-3,12H2,1H3,(H,22,23). The first-order chi connectivity index (χ1) is 24.9. The minimum Gasteiger partial charge on any atom is -0.494 e. The predicted octanol–water partition coefficient (Wildman–Crippen LogP) is 9.86. The monoisotopic (exact) mass is 688 g/mol. The summed E-state index contributed by atoms with van der Waals surface area (Å²) in [5.74, 6) is 1.70. The summed E-state index contributed by atoms with van der Waals surface area (Å²) in [7, 11) is 1.36. The fourth-order valence-corrected chi connectivity index (χ4v) is 4.87. The molecule has 1 N–H and O–H groups in total. The smallest absolute Gasteiger partial charge is 0.337 e. The van der Waals surface area contributed by atoms with Crippen LogP contribution in [0.1, 0.15) is 60.2 Å². The van der Waals surface area contributed by atoms with Crippen LogP contribution in [0.15, 0.2) is 118 Å². The van der Waals surface area contributed by atoms with Gasteiger partial charge in [-0.3, -0.25) is 0 Å². The van der Waals surface area contributed by atoms with Crippen molar-refractivity contribution in [3.63, 3.8) is 0 Å². The van der Waals surface area contributed by atoms with Gasteiger partial charge in [-0.2, -0.15) is 0 Å². The maximum Gasteiger partial charge on any atom is 0.337 e. The van der Waals surface area contributed by atoms with Crippen LogP contribution in [0.5, 0.6) is 11.5 Å². The number of rotatable bonds is 14. The lowest BCUT2D eigenvalue weighted by molar-refractivity contribution is 0.0599. The number of hydrogen-bond acceptors (Lipinski definition) is 9. The van der Waals surface area contributed by atoms with E-state index in [9.17, 15) is 9.59 Å². The topological polar surface area (TPSA) is 134 Å². The molecule has 262 valence electrons. The van der Waals surface area contributed by atoms with Crippen LogP contribution < -0.4 is 9.47 Å². The van der Waals surface area contributed by atoms with E-state index in [2.05, 4.69) is 24.2 Å². The lowest BCUT2D eigenvalue weighted by atomic mass is 10.1. The number of ether oxygens (including phenoxy) is 3. The van der Waals surface area contributed by atoms with Gasteiger partial charge in [0.1, 0.15) is 22.9 Å². The third kappa shape index (κ3) is 9.95. The molecule has 0 aliphatic heterocycles. The summed E-state index contributed by atoms with van der Waals surface area (Å²) in [6.45, 7) is 5.71. The number of aromatic nitrogens is 2. The molecule has 0 unspecified atom stereocenters. The molecule has 2 heterocycles. The van der Waals surface area contributed by atoms with E-state index in [0.717, 1.165) is 66.0 Å². The van der Waals surface area contributed by atoms with Crippen LogP contribution in [-0.2, 0) is 4.74 Å². The highest BCUT2D eigenvalue weighted by molar-refractivity contribution is 5.90. The number of hydrogen-bond donors (Lipinski definition) is 1. The Hall–Kier alpha value is -6.16. The Labute approximate surface area is 296 Å².